The van der Waals surface area contributed by atoms with Gasteiger partial charge < -0.3 is 19.3 Å². The lowest BCUT2D eigenvalue weighted by Gasteiger charge is -2.56. The van der Waals surface area contributed by atoms with Gasteiger partial charge in [-0.15, -0.1) is 0 Å². The zero-order valence-corrected chi connectivity index (χ0v) is 31.1. The number of sulfonamides is 1. The number of fused-ring (bicyclic) bond motifs is 6. The molecule has 8 rings (SSSR count). The van der Waals surface area contributed by atoms with E-state index in [0.717, 1.165) is 87.8 Å². The third-order valence-electron chi connectivity index (χ3n) is 13.0. The molecule has 11 heteroatoms. The van der Waals surface area contributed by atoms with Gasteiger partial charge in [-0.1, -0.05) is 36.7 Å². The van der Waals surface area contributed by atoms with Crippen LogP contribution in [0.2, 0.25) is 5.02 Å². The Morgan fingerprint density at radius 1 is 1.04 bits per heavy atom. The van der Waals surface area contributed by atoms with Gasteiger partial charge in [0.1, 0.15) is 11.4 Å². The summed E-state index contributed by atoms with van der Waals surface area (Å²) in [5, 5.41) is -0.00484. The third-order valence-corrected chi connectivity index (χ3v) is 15.2. The predicted molar refractivity (Wildman–Crippen MR) is 197 cm³/mol. The third kappa shape index (κ3) is 6.16. The molecule has 3 fully saturated rings. The Morgan fingerprint density at radius 2 is 1.90 bits per heavy atom. The second-order valence-corrected chi connectivity index (χ2v) is 18.7. The minimum atomic E-state index is -3.93. The van der Waals surface area contributed by atoms with Crippen LogP contribution >= 0.6 is 11.6 Å². The van der Waals surface area contributed by atoms with Crippen molar-refractivity contribution in [2.75, 3.05) is 64.4 Å². The molecule has 0 unspecified atom stereocenters. The number of benzene rings is 2. The van der Waals surface area contributed by atoms with E-state index < -0.39 is 26.8 Å². The highest BCUT2D eigenvalue weighted by Gasteiger charge is 2.52. The number of carbonyl (C=O) groups is 1. The molecule has 270 valence electrons. The number of allylic oxidation sites excluding steroid dienone is 1. The normalized spacial score (nSPS) is 36.6. The number of likely N-dealkylation sites (N-methyl/N-ethyl adjacent to an activating group) is 1. The maximum absolute atomic E-state index is 13.6. The van der Waals surface area contributed by atoms with Crippen LogP contribution in [0.25, 0.3) is 0 Å². The molecule has 1 N–H and O–H groups in total. The molecule has 2 aromatic carbocycles. The highest BCUT2D eigenvalue weighted by molar-refractivity contribution is 7.90. The number of aryl methyl sites for hydroxylation is 1. The summed E-state index contributed by atoms with van der Waals surface area (Å²) in [6, 6.07) is 12.1. The summed E-state index contributed by atoms with van der Waals surface area (Å²) in [6.45, 7) is 10.3. The molecular formula is C39H51ClN4O5S. The molecule has 2 aliphatic carbocycles. The lowest BCUT2D eigenvalue weighted by atomic mass is 9.63. The number of hydrogen-bond donors (Lipinski definition) is 1. The molecular weight excluding hydrogens is 672 g/mol. The first kappa shape index (κ1) is 34.5. The number of rotatable bonds is 0. The van der Waals surface area contributed by atoms with E-state index >= 15 is 0 Å². The quantitative estimate of drug-likeness (QED) is 0.368. The fourth-order valence-corrected chi connectivity index (χ4v) is 11.2. The highest BCUT2D eigenvalue weighted by Crippen LogP contribution is 2.50. The van der Waals surface area contributed by atoms with Crippen molar-refractivity contribution in [1.82, 2.24) is 14.5 Å². The van der Waals surface area contributed by atoms with Crippen LogP contribution in [-0.4, -0.2) is 101 Å². The van der Waals surface area contributed by atoms with E-state index in [0.29, 0.717) is 43.1 Å². The Hall–Kier alpha value is -2.63. The number of nitrogens with one attached hydrogen (secondary N) is 1. The van der Waals surface area contributed by atoms with Crippen LogP contribution in [0.4, 0.5) is 5.69 Å². The van der Waals surface area contributed by atoms with Crippen LogP contribution in [0.15, 0.2) is 48.6 Å². The molecule has 0 aromatic heterocycles. The summed E-state index contributed by atoms with van der Waals surface area (Å²) < 4.78 is 43.2. The largest absolute Gasteiger partial charge is 0.490 e. The number of halogens is 1. The first-order chi connectivity index (χ1) is 24.0. The van der Waals surface area contributed by atoms with Gasteiger partial charge in [-0.3, -0.25) is 9.69 Å². The van der Waals surface area contributed by atoms with Gasteiger partial charge in [0, 0.05) is 61.3 Å². The summed E-state index contributed by atoms with van der Waals surface area (Å²) >= 11 is 6.49. The second kappa shape index (κ2) is 13.1. The summed E-state index contributed by atoms with van der Waals surface area (Å²) in [7, 11) is -1.74. The fraction of sp³-hybridized carbons (Fsp3) is 0.615. The molecule has 1 amide bonds. The van der Waals surface area contributed by atoms with Crippen molar-refractivity contribution in [3.63, 3.8) is 0 Å². The molecule has 9 nitrogen and oxygen atoms in total. The Balaban J connectivity index is 1.21. The van der Waals surface area contributed by atoms with E-state index in [2.05, 4.69) is 50.8 Å². The number of ether oxygens (including phenoxy) is 2. The lowest BCUT2D eigenvalue weighted by Crippen LogP contribution is -2.66. The molecule has 2 aromatic rings. The van der Waals surface area contributed by atoms with E-state index in [1.807, 2.05) is 25.1 Å². The van der Waals surface area contributed by atoms with Gasteiger partial charge in [0.15, 0.2) is 0 Å². The number of amides is 1. The summed E-state index contributed by atoms with van der Waals surface area (Å²) in [5.74, 6) is 0.617. The second-order valence-electron chi connectivity index (χ2n) is 16.2. The van der Waals surface area contributed by atoms with Crippen molar-refractivity contribution in [2.24, 2.45) is 17.8 Å². The number of morpholine rings is 1. The molecule has 2 bridgehead atoms. The molecule has 6 aliphatic rings. The lowest BCUT2D eigenvalue weighted by molar-refractivity contribution is -0.173. The fourth-order valence-electron chi connectivity index (χ4n) is 9.71. The van der Waals surface area contributed by atoms with Crippen LogP contribution in [-0.2, 0) is 26.6 Å². The van der Waals surface area contributed by atoms with Crippen LogP contribution in [0, 0.1) is 17.8 Å². The van der Waals surface area contributed by atoms with Gasteiger partial charge in [-0.05, 0) is 112 Å². The maximum Gasteiger partial charge on any atom is 0.264 e. The van der Waals surface area contributed by atoms with E-state index in [-0.39, 0.29) is 11.3 Å². The molecule has 2 saturated heterocycles. The van der Waals surface area contributed by atoms with Crippen molar-refractivity contribution in [3.8, 4) is 5.75 Å². The average Bonchev–Trinajstić information content (AvgIpc) is 3.22. The zero-order chi connectivity index (χ0) is 34.8. The number of anilines is 1. The van der Waals surface area contributed by atoms with Crippen molar-refractivity contribution in [1.29, 1.82) is 0 Å². The Kier molecular flexibility index (Phi) is 9.03. The Morgan fingerprint density at radius 3 is 2.72 bits per heavy atom. The van der Waals surface area contributed by atoms with Crippen molar-refractivity contribution >= 4 is 33.2 Å². The van der Waals surface area contributed by atoms with Gasteiger partial charge in [0.25, 0.3) is 5.91 Å². The minimum absolute atomic E-state index is 0.195. The van der Waals surface area contributed by atoms with Crippen LogP contribution in [0.5, 0.6) is 5.75 Å². The van der Waals surface area contributed by atoms with Gasteiger partial charge >= 0.3 is 0 Å². The number of hydrogen-bond acceptors (Lipinski definition) is 8. The Bertz CT molecular complexity index is 1790. The summed E-state index contributed by atoms with van der Waals surface area (Å²) in [6.07, 6.45) is 10.2. The molecule has 4 aliphatic heterocycles. The van der Waals surface area contributed by atoms with E-state index in [1.165, 1.54) is 11.1 Å². The molecule has 7 atom stereocenters. The predicted octanol–water partition coefficient (Wildman–Crippen LogP) is 5.27. The summed E-state index contributed by atoms with van der Waals surface area (Å²) in [4.78, 5) is 21.1. The first-order valence-corrected chi connectivity index (χ1v) is 20.5. The standard InChI is InChI=1S/C39H51ClN4O5S/c1-26-6-4-15-39(24-43-17-16-42(3)21-32(43)22-49-39)34-11-8-30(34)20-44-23-38(14-5-7-28-18-31(40)10-12-33(28)38)25-48-36-13-9-29(19-35(36)44)37(45)41-50(46,47)27(26)2/h4,9-10,12-13,15,18-19,26-27,30,32,34H,5-8,11,14,16-17,20-25H2,1-3H3,(H,41,45)/b15-4+/t26-,27+,30-,32-,34+,38-,39-/m0/s1. The van der Waals surface area contributed by atoms with E-state index in [9.17, 15) is 13.2 Å². The monoisotopic (exact) mass is 722 g/mol. The highest BCUT2D eigenvalue weighted by atomic mass is 35.5. The van der Waals surface area contributed by atoms with Gasteiger partial charge in [0.2, 0.25) is 10.0 Å². The zero-order valence-electron chi connectivity index (χ0n) is 29.6. The molecule has 0 radical (unpaired) electrons. The van der Waals surface area contributed by atoms with E-state index in [4.69, 9.17) is 21.1 Å². The first-order valence-electron chi connectivity index (χ1n) is 18.6. The van der Waals surface area contributed by atoms with Crippen molar-refractivity contribution < 1.29 is 22.7 Å². The number of piperazine rings is 1. The number of nitrogens with zero attached hydrogens (tertiary/aromatic N) is 3. The van der Waals surface area contributed by atoms with Gasteiger partial charge in [-0.2, -0.15) is 0 Å². The van der Waals surface area contributed by atoms with Crippen LogP contribution in [0.1, 0.15) is 67.4 Å². The van der Waals surface area contributed by atoms with E-state index in [1.54, 1.807) is 13.0 Å². The van der Waals surface area contributed by atoms with Crippen molar-refractivity contribution in [3.05, 3.63) is 70.3 Å². The molecule has 1 saturated carbocycles. The molecule has 50 heavy (non-hydrogen) atoms. The van der Waals surface area contributed by atoms with Gasteiger partial charge in [-0.25, -0.2) is 13.1 Å². The topological polar surface area (TPSA) is 91.4 Å². The Labute approximate surface area is 302 Å². The molecule has 2 spiro atoms. The maximum atomic E-state index is 13.6. The smallest absolute Gasteiger partial charge is 0.264 e. The van der Waals surface area contributed by atoms with Crippen LogP contribution in [0.3, 0.4) is 0 Å². The minimum Gasteiger partial charge on any atom is -0.490 e. The number of carbonyl (C=O) groups excluding carboxylic acids is 1. The summed E-state index contributed by atoms with van der Waals surface area (Å²) in [5.41, 5.74) is 3.05. The SMILES string of the molecule is C[C@@H]1[C@@H](C)C/C=C/[C@]2(CN3CCN(C)C[C@H]3CO2)[C@@H]2CC[C@H]2CN2C[C@@]3(CCCc4cc(Cl)ccc43)COc3ccc(cc32)C(=O)NS1(=O)=O. The van der Waals surface area contributed by atoms with Gasteiger partial charge in [0.05, 0.1) is 24.2 Å². The average molecular weight is 723 g/mol. The van der Waals surface area contributed by atoms with Crippen molar-refractivity contribution in [2.45, 2.75) is 74.7 Å². The van der Waals surface area contributed by atoms with Crippen LogP contribution < -0.4 is 14.4 Å². The molecule has 4 heterocycles.